The van der Waals surface area contributed by atoms with E-state index in [0.717, 1.165) is 0 Å². The molecule has 3 N–H and O–H groups in total. The summed E-state index contributed by atoms with van der Waals surface area (Å²) in [5, 5.41) is 4.10. The summed E-state index contributed by atoms with van der Waals surface area (Å²) in [7, 11) is -4.76. The fraction of sp³-hybridized carbons (Fsp3) is 0.250. The molecule has 1 aliphatic heterocycles. The molecule has 0 spiro atoms. The van der Waals surface area contributed by atoms with Gasteiger partial charge < -0.3 is 10.1 Å². The summed E-state index contributed by atoms with van der Waals surface area (Å²) in [5.74, 6) is -1.20. The molecule has 1 fully saturated rings. The number of β-lactam (4-membered cyclic amide) rings is 1. The number of benzene rings is 1. The Bertz CT molecular complexity index is 721. The monoisotopic (exact) mass is 343 g/mol. The van der Waals surface area contributed by atoms with E-state index in [4.69, 9.17) is 9.29 Å². The van der Waals surface area contributed by atoms with Crippen molar-refractivity contribution >= 4 is 28.7 Å². The minimum absolute atomic E-state index is 0.0833. The Morgan fingerprint density at radius 1 is 1.39 bits per heavy atom. The number of hydrogen-bond acceptors (Lipinski definition) is 6. The molecule has 0 aromatic heterocycles. The van der Waals surface area contributed by atoms with Gasteiger partial charge in [-0.2, -0.15) is 8.42 Å². The van der Waals surface area contributed by atoms with Crippen molar-refractivity contribution in [2.45, 2.75) is 12.3 Å². The molecule has 11 heteroatoms. The number of alkyl carbamates (subject to hydrolysis) is 1. The van der Waals surface area contributed by atoms with Gasteiger partial charge in [0.2, 0.25) is 12.1 Å². The van der Waals surface area contributed by atoms with E-state index in [0.29, 0.717) is 5.56 Å². The standard InChI is InChI=1S/C12H13N3O7S/c16-8-13-12(7-15(10(12)17)23(19,20)21)14-11(18)22-6-9-4-2-1-3-5-9/h1-5,8H,6-7H2,(H,13,16)(H,14,18)(H,19,20,21). The van der Waals surface area contributed by atoms with Gasteiger partial charge in [-0.3, -0.25) is 19.5 Å². The van der Waals surface area contributed by atoms with E-state index in [1.807, 2.05) is 5.32 Å². The van der Waals surface area contributed by atoms with Crippen molar-refractivity contribution in [3.63, 3.8) is 0 Å². The zero-order valence-corrected chi connectivity index (χ0v) is 12.4. The molecule has 0 saturated carbocycles. The zero-order chi connectivity index (χ0) is 17.1. The minimum Gasteiger partial charge on any atom is -0.445 e. The Balaban J connectivity index is 1.99. The lowest BCUT2D eigenvalue weighted by Gasteiger charge is -2.45. The van der Waals surface area contributed by atoms with Crippen molar-refractivity contribution in [1.29, 1.82) is 0 Å². The van der Waals surface area contributed by atoms with Crippen molar-refractivity contribution in [3.8, 4) is 0 Å². The number of amides is 3. The second-order valence-corrected chi connectivity index (χ2v) is 5.98. The number of nitrogens with one attached hydrogen (secondary N) is 2. The third kappa shape index (κ3) is 3.57. The molecule has 2 rings (SSSR count). The van der Waals surface area contributed by atoms with Crippen LogP contribution < -0.4 is 10.6 Å². The van der Waals surface area contributed by atoms with Crippen LogP contribution in [0.15, 0.2) is 30.3 Å². The summed E-state index contributed by atoms with van der Waals surface area (Å²) in [5.41, 5.74) is -1.27. The molecule has 1 unspecified atom stereocenters. The third-order valence-electron chi connectivity index (χ3n) is 3.08. The highest BCUT2D eigenvalue weighted by atomic mass is 32.2. The summed E-state index contributed by atoms with van der Waals surface area (Å²) >= 11 is 0. The topological polar surface area (TPSA) is 142 Å². The molecular weight excluding hydrogens is 330 g/mol. The van der Waals surface area contributed by atoms with Crippen molar-refractivity contribution in [1.82, 2.24) is 14.9 Å². The van der Waals surface area contributed by atoms with Crippen molar-refractivity contribution in [3.05, 3.63) is 35.9 Å². The normalized spacial score (nSPS) is 20.4. The van der Waals surface area contributed by atoms with Crippen LogP contribution >= 0.6 is 0 Å². The van der Waals surface area contributed by atoms with Gasteiger partial charge in [0.05, 0.1) is 6.54 Å². The van der Waals surface area contributed by atoms with Gasteiger partial charge in [-0.05, 0) is 5.56 Å². The highest BCUT2D eigenvalue weighted by Gasteiger charge is 2.58. The number of hydrogen-bond donors (Lipinski definition) is 3. The van der Waals surface area contributed by atoms with Crippen LogP contribution in [0.25, 0.3) is 0 Å². The van der Waals surface area contributed by atoms with Gasteiger partial charge in [0, 0.05) is 0 Å². The van der Waals surface area contributed by atoms with Gasteiger partial charge in [0.15, 0.2) is 0 Å². The molecule has 0 bridgehead atoms. The van der Waals surface area contributed by atoms with Gasteiger partial charge in [-0.25, -0.2) is 9.10 Å². The fourth-order valence-electron chi connectivity index (χ4n) is 1.93. The molecule has 1 atom stereocenters. The van der Waals surface area contributed by atoms with E-state index >= 15 is 0 Å². The molecule has 3 amide bonds. The van der Waals surface area contributed by atoms with Crippen LogP contribution in [0.5, 0.6) is 0 Å². The summed E-state index contributed by atoms with van der Waals surface area (Å²) < 4.78 is 35.6. The van der Waals surface area contributed by atoms with E-state index in [2.05, 4.69) is 5.32 Å². The average Bonchev–Trinajstić information content (AvgIpc) is 2.50. The summed E-state index contributed by atoms with van der Waals surface area (Å²) in [6, 6.07) is 8.68. The maximum atomic E-state index is 11.8. The zero-order valence-electron chi connectivity index (χ0n) is 11.6. The Labute approximate surface area is 131 Å². The Kier molecular flexibility index (Phi) is 4.52. The van der Waals surface area contributed by atoms with E-state index in [9.17, 15) is 22.8 Å². The Hall–Kier alpha value is -2.66. The number of carbonyl (C=O) groups excluding carboxylic acids is 3. The minimum atomic E-state index is -4.76. The van der Waals surface area contributed by atoms with Gasteiger partial charge >= 0.3 is 16.4 Å². The second-order valence-electron chi connectivity index (χ2n) is 4.64. The highest BCUT2D eigenvalue weighted by Crippen LogP contribution is 2.23. The lowest BCUT2D eigenvalue weighted by atomic mass is 10.0. The Morgan fingerprint density at radius 2 is 2.04 bits per heavy atom. The Morgan fingerprint density at radius 3 is 2.57 bits per heavy atom. The lowest BCUT2D eigenvalue weighted by Crippen LogP contribution is -2.81. The van der Waals surface area contributed by atoms with Crippen LogP contribution in [-0.4, -0.2) is 47.9 Å². The van der Waals surface area contributed by atoms with Gasteiger partial charge in [0.25, 0.3) is 5.91 Å². The smallest absolute Gasteiger partial charge is 0.409 e. The summed E-state index contributed by atoms with van der Waals surface area (Å²) in [6.45, 7) is -0.732. The van der Waals surface area contributed by atoms with Crippen LogP contribution in [0.4, 0.5) is 4.79 Å². The average molecular weight is 343 g/mol. The first-order valence-corrected chi connectivity index (χ1v) is 7.68. The number of nitrogens with zero attached hydrogens (tertiary/aromatic N) is 1. The number of carbonyl (C=O) groups is 3. The maximum Gasteiger partial charge on any atom is 0.409 e. The molecule has 0 radical (unpaired) electrons. The van der Waals surface area contributed by atoms with Gasteiger partial charge in [0.1, 0.15) is 6.61 Å². The summed E-state index contributed by atoms with van der Waals surface area (Å²) in [4.78, 5) is 34.1. The molecule has 1 heterocycles. The van der Waals surface area contributed by atoms with E-state index in [-0.39, 0.29) is 17.3 Å². The molecule has 1 aromatic carbocycles. The molecule has 1 saturated heterocycles. The number of ether oxygens (including phenoxy) is 1. The second kappa shape index (κ2) is 6.22. The van der Waals surface area contributed by atoms with Crippen LogP contribution in [0.1, 0.15) is 5.56 Å². The summed E-state index contributed by atoms with van der Waals surface area (Å²) in [6.07, 6.45) is -0.914. The van der Waals surface area contributed by atoms with E-state index < -0.39 is 34.5 Å². The molecular formula is C12H13N3O7S. The molecule has 124 valence electrons. The third-order valence-corrected chi connectivity index (χ3v) is 3.94. The van der Waals surface area contributed by atoms with Crippen LogP contribution in [0, 0.1) is 0 Å². The van der Waals surface area contributed by atoms with Crippen LogP contribution in [0.2, 0.25) is 0 Å². The maximum absolute atomic E-state index is 11.8. The molecule has 1 aromatic rings. The fourth-order valence-corrected chi connectivity index (χ4v) is 2.66. The van der Waals surface area contributed by atoms with Crippen molar-refractivity contribution in [2.75, 3.05) is 6.54 Å². The largest absolute Gasteiger partial charge is 0.445 e. The van der Waals surface area contributed by atoms with Crippen molar-refractivity contribution in [2.24, 2.45) is 0 Å². The molecule has 1 aliphatic rings. The molecule has 23 heavy (non-hydrogen) atoms. The lowest BCUT2D eigenvalue weighted by molar-refractivity contribution is -0.149. The highest BCUT2D eigenvalue weighted by molar-refractivity contribution is 7.84. The first-order valence-electron chi connectivity index (χ1n) is 6.28. The quantitative estimate of drug-likeness (QED) is 0.260. The predicted octanol–water partition coefficient (Wildman–Crippen LogP) is -1.000. The number of rotatable bonds is 6. The first kappa shape index (κ1) is 16.7. The predicted molar refractivity (Wildman–Crippen MR) is 75.0 cm³/mol. The van der Waals surface area contributed by atoms with Crippen LogP contribution in [-0.2, 0) is 31.2 Å². The van der Waals surface area contributed by atoms with Gasteiger partial charge in [-0.15, -0.1) is 0 Å². The van der Waals surface area contributed by atoms with Gasteiger partial charge in [-0.1, -0.05) is 30.3 Å². The van der Waals surface area contributed by atoms with Crippen LogP contribution in [0.3, 0.4) is 0 Å². The van der Waals surface area contributed by atoms with E-state index in [1.165, 1.54) is 0 Å². The van der Waals surface area contributed by atoms with Crippen molar-refractivity contribution < 1.29 is 32.1 Å². The molecule has 0 aliphatic carbocycles. The molecule has 10 nitrogen and oxygen atoms in total. The SMILES string of the molecule is O=CNC1(NC(=O)OCc2ccccc2)CN(S(=O)(=O)O)C1=O. The first-order chi connectivity index (χ1) is 10.8. The van der Waals surface area contributed by atoms with E-state index in [1.54, 1.807) is 30.3 Å².